The molecule has 0 fully saturated rings. The lowest BCUT2D eigenvalue weighted by Crippen LogP contribution is -2.35. The van der Waals surface area contributed by atoms with Crippen molar-refractivity contribution in [2.45, 2.75) is 39.2 Å². The van der Waals surface area contributed by atoms with Crippen LogP contribution in [-0.2, 0) is 12.0 Å². The molecule has 0 spiro atoms. The van der Waals surface area contributed by atoms with Gasteiger partial charge in [0.05, 0.1) is 29.3 Å². The van der Waals surface area contributed by atoms with Crippen molar-refractivity contribution in [1.82, 2.24) is 25.2 Å². The Morgan fingerprint density at radius 2 is 2.20 bits per heavy atom. The van der Waals surface area contributed by atoms with Crippen molar-refractivity contribution in [2.24, 2.45) is 0 Å². The van der Waals surface area contributed by atoms with Crippen LogP contribution < -0.4 is 4.90 Å². The van der Waals surface area contributed by atoms with Crippen LogP contribution in [0.4, 0.5) is 5.69 Å². The van der Waals surface area contributed by atoms with Crippen molar-refractivity contribution in [1.29, 1.82) is 0 Å². The molecule has 3 rings (SSSR count). The monoisotopic (exact) mass is 274 g/mol. The van der Waals surface area contributed by atoms with Gasteiger partial charge in [-0.1, -0.05) is 5.21 Å². The molecule has 1 aliphatic rings. The molecule has 1 aliphatic heterocycles. The van der Waals surface area contributed by atoms with Gasteiger partial charge in [-0.3, -0.25) is 9.89 Å². The van der Waals surface area contributed by atoms with E-state index in [9.17, 15) is 4.79 Å². The Balaban J connectivity index is 1.89. The molecule has 7 heteroatoms. The zero-order valence-electron chi connectivity index (χ0n) is 11.9. The molecule has 0 aliphatic carbocycles. The van der Waals surface area contributed by atoms with Crippen LogP contribution in [0.3, 0.4) is 0 Å². The minimum absolute atomic E-state index is 0.122. The van der Waals surface area contributed by atoms with E-state index in [0.29, 0.717) is 12.2 Å². The van der Waals surface area contributed by atoms with Gasteiger partial charge in [0.25, 0.3) is 5.91 Å². The van der Waals surface area contributed by atoms with Gasteiger partial charge >= 0.3 is 0 Å². The van der Waals surface area contributed by atoms with Gasteiger partial charge in [0.1, 0.15) is 0 Å². The summed E-state index contributed by atoms with van der Waals surface area (Å²) in [4.78, 5) is 14.3. The maximum atomic E-state index is 12.6. The molecule has 20 heavy (non-hydrogen) atoms. The van der Waals surface area contributed by atoms with Crippen molar-refractivity contribution in [3.63, 3.8) is 0 Å². The minimum atomic E-state index is -0.186. The Morgan fingerprint density at radius 1 is 1.40 bits per heavy atom. The minimum Gasteiger partial charge on any atom is -0.304 e. The summed E-state index contributed by atoms with van der Waals surface area (Å²) in [5.41, 5.74) is 2.04. The summed E-state index contributed by atoms with van der Waals surface area (Å²) in [5, 5.41) is 15.0. The lowest BCUT2D eigenvalue weighted by molar-refractivity contribution is 0.0980. The molecule has 0 radical (unpaired) electrons. The van der Waals surface area contributed by atoms with Crippen LogP contribution in [0.1, 0.15) is 43.4 Å². The van der Waals surface area contributed by atoms with Crippen molar-refractivity contribution in [2.75, 3.05) is 11.4 Å². The Hall–Kier alpha value is -2.18. The van der Waals surface area contributed by atoms with Crippen LogP contribution in [0.15, 0.2) is 12.4 Å². The molecule has 2 aromatic heterocycles. The third kappa shape index (κ3) is 2.09. The second-order valence-electron chi connectivity index (χ2n) is 6.01. The highest BCUT2D eigenvalue weighted by Crippen LogP contribution is 2.26. The topological polar surface area (TPSA) is 79.7 Å². The van der Waals surface area contributed by atoms with Gasteiger partial charge in [0, 0.05) is 6.54 Å². The molecule has 106 valence electrons. The van der Waals surface area contributed by atoms with Gasteiger partial charge in [-0.25, -0.2) is 4.68 Å². The number of fused-ring (bicyclic) bond motifs is 1. The van der Waals surface area contributed by atoms with E-state index in [0.717, 1.165) is 24.2 Å². The fourth-order valence-corrected chi connectivity index (χ4v) is 2.30. The number of hydrogen-bond donors (Lipinski definition) is 1. The number of H-pyrrole nitrogens is 1. The summed E-state index contributed by atoms with van der Waals surface area (Å²) in [6.45, 7) is 6.74. The van der Waals surface area contributed by atoms with E-state index in [1.54, 1.807) is 22.0 Å². The van der Waals surface area contributed by atoms with Crippen LogP contribution >= 0.6 is 0 Å². The number of carbonyl (C=O) groups is 1. The average Bonchev–Trinajstić information content (AvgIpc) is 3.05. The van der Waals surface area contributed by atoms with E-state index in [1.807, 2.05) is 20.8 Å². The quantitative estimate of drug-likeness (QED) is 0.851. The smallest absolute Gasteiger partial charge is 0.280 e. The van der Waals surface area contributed by atoms with Crippen molar-refractivity contribution >= 4 is 11.6 Å². The number of aromatic amines is 1. The largest absolute Gasteiger partial charge is 0.304 e. The number of carbonyl (C=O) groups excluding carboxylic acids is 1. The predicted molar refractivity (Wildman–Crippen MR) is 73.6 cm³/mol. The summed E-state index contributed by atoms with van der Waals surface area (Å²) in [6.07, 6.45) is 5.25. The average molecular weight is 274 g/mol. The second-order valence-corrected chi connectivity index (χ2v) is 6.01. The van der Waals surface area contributed by atoms with E-state index >= 15 is 0 Å². The van der Waals surface area contributed by atoms with Crippen molar-refractivity contribution in [3.8, 4) is 0 Å². The molecular weight excluding hydrogens is 256 g/mol. The van der Waals surface area contributed by atoms with Crippen LogP contribution in [0.2, 0.25) is 0 Å². The van der Waals surface area contributed by atoms with E-state index in [1.165, 1.54) is 0 Å². The Labute approximate surface area is 117 Å². The van der Waals surface area contributed by atoms with Gasteiger partial charge in [-0.05, 0) is 33.6 Å². The van der Waals surface area contributed by atoms with E-state index < -0.39 is 0 Å². The summed E-state index contributed by atoms with van der Waals surface area (Å²) in [6, 6.07) is 0. The van der Waals surface area contributed by atoms with Crippen LogP contribution in [0.5, 0.6) is 0 Å². The molecule has 0 saturated heterocycles. The van der Waals surface area contributed by atoms with Crippen LogP contribution in [0, 0.1) is 0 Å². The van der Waals surface area contributed by atoms with E-state index in [4.69, 9.17) is 0 Å². The molecule has 0 unspecified atom stereocenters. The molecule has 0 saturated carbocycles. The number of amides is 1. The number of nitrogens with one attached hydrogen (secondary N) is 1. The lowest BCUT2D eigenvalue weighted by atomic mass is 10.1. The number of aryl methyl sites for hydroxylation is 1. The van der Waals surface area contributed by atoms with Crippen molar-refractivity contribution in [3.05, 3.63) is 23.8 Å². The molecular formula is C13H18N6O. The van der Waals surface area contributed by atoms with Gasteiger partial charge in [-0.2, -0.15) is 5.10 Å². The van der Waals surface area contributed by atoms with Gasteiger partial charge in [-0.15, -0.1) is 5.10 Å². The zero-order chi connectivity index (χ0) is 14.3. The van der Waals surface area contributed by atoms with E-state index in [-0.39, 0.29) is 11.4 Å². The first-order chi connectivity index (χ1) is 9.47. The van der Waals surface area contributed by atoms with E-state index in [2.05, 4.69) is 20.5 Å². The predicted octanol–water partition coefficient (Wildman–Crippen LogP) is 1.35. The normalized spacial score (nSPS) is 15.2. The lowest BCUT2D eigenvalue weighted by Gasteiger charge is -2.25. The third-order valence-electron chi connectivity index (χ3n) is 3.44. The Kier molecular flexibility index (Phi) is 2.84. The Morgan fingerprint density at radius 3 is 2.90 bits per heavy atom. The van der Waals surface area contributed by atoms with Gasteiger partial charge in [0.15, 0.2) is 5.69 Å². The fraction of sp³-hybridized carbons (Fsp3) is 0.538. The molecule has 0 bridgehead atoms. The zero-order valence-corrected chi connectivity index (χ0v) is 11.9. The number of rotatable bonds is 1. The number of aromatic nitrogens is 5. The summed E-state index contributed by atoms with van der Waals surface area (Å²) in [5.74, 6) is -0.122. The molecule has 1 N–H and O–H groups in total. The highest BCUT2D eigenvalue weighted by atomic mass is 16.2. The molecule has 1 amide bonds. The first-order valence-corrected chi connectivity index (χ1v) is 6.74. The first kappa shape index (κ1) is 12.8. The van der Waals surface area contributed by atoms with Crippen molar-refractivity contribution < 1.29 is 4.79 Å². The maximum absolute atomic E-state index is 12.6. The van der Waals surface area contributed by atoms with Crippen LogP contribution in [0.25, 0.3) is 0 Å². The fourth-order valence-electron chi connectivity index (χ4n) is 2.30. The maximum Gasteiger partial charge on any atom is 0.280 e. The molecule has 2 aromatic rings. The van der Waals surface area contributed by atoms with Gasteiger partial charge < -0.3 is 4.90 Å². The highest BCUT2D eigenvalue weighted by molar-refractivity contribution is 6.05. The number of anilines is 1. The highest BCUT2D eigenvalue weighted by Gasteiger charge is 2.27. The van der Waals surface area contributed by atoms with Gasteiger partial charge in [0.2, 0.25) is 0 Å². The molecule has 0 aromatic carbocycles. The second kappa shape index (κ2) is 4.43. The third-order valence-corrected chi connectivity index (χ3v) is 3.44. The standard InChI is InChI=1S/C13H18N6O/c1-13(2,3)19-8-10(16-17-19)12(20)18-6-4-5-9-11(18)7-14-15-9/h7-8H,4-6H2,1-3H3,(H,14,15). The molecule has 7 nitrogen and oxygen atoms in total. The number of nitrogens with zero attached hydrogens (tertiary/aromatic N) is 5. The number of hydrogen-bond acceptors (Lipinski definition) is 4. The molecule has 3 heterocycles. The summed E-state index contributed by atoms with van der Waals surface area (Å²) >= 11 is 0. The first-order valence-electron chi connectivity index (χ1n) is 6.74. The molecule has 0 atom stereocenters. The SMILES string of the molecule is CC(C)(C)n1cc(C(=O)N2CCCc3[nH]ncc32)nn1. The summed E-state index contributed by atoms with van der Waals surface area (Å²) in [7, 11) is 0. The summed E-state index contributed by atoms with van der Waals surface area (Å²) < 4.78 is 1.71. The Bertz CT molecular complexity index is 635. The van der Waals surface area contributed by atoms with Crippen LogP contribution in [-0.4, -0.2) is 37.6 Å².